The van der Waals surface area contributed by atoms with Crippen molar-refractivity contribution in [3.63, 3.8) is 0 Å². The van der Waals surface area contributed by atoms with Crippen LogP contribution >= 0.6 is 11.8 Å². The second kappa shape index (κ2) is 8.49. The summed E-state index contributed by atoms with van der Waals surface area (Å²) in [4.78, 5) is 13.5. The molecule has 0 aliphatic carbocycles. The summed E-state index contributed by atoms with van der Waals surface area (Å²) in [6.07, 6.45) is 0. The van der Waals surface area contributed by atoms with E-state index in [1.165, 1.54) is 23.9 Å². The molecule has 0 aliphatic heterocycles. The molecule has 2 nitrogen and oxygen atoms in total. The molecule has 25 heavy (non-hydrogen) atoms. The fraction of sp³-hybridized carbons (Fsp3) is 0.0952. The number of halogens is 1. The predicted octanol–water partition coefficient (Wildman–Crippen LogP) is 4.82. The first-order chi connectivity index (χ1) is 12.2. The zero-order chi connectivity index (χ0) is 17.5. The van der Waals surface area contributed by atoms with Crippen LogP contribution in [0.2, 0.25) is 0 Å². The van der Waals surface area contributed by atoms with Crippen LogP contribution in [0.1, 0.15) is 17.2 Å². The van der Waals surface area contributed by atoms with E-state index in [2.05, 4.69) is 5.32 Å². The van der Waals surface area contributed by atoms with E-state index in [1.807, 2.05) is 60.7 Å². The van der Waals surface area contributed by atoms with Crippen LogP contribution in [-0.4, -0.2) is 11.7 Å². The highest BCUT2D eigenvalue weighted by Crippen LogP contribution is 2.23. The van der Waals surface area contributed by atoms with Crippen LogP contribution in [0.3, 0.4) is 0 Å². The van der Waals surface area contributed by atoms with Gasteiger partial charge < -0.3 is 5.32 Å². The second-order valence-corrected chi connectivity index (χ2v) is 6.61. The van der Waals surface area contributed by atoms with Gasteiger partial charge in [-0.3, -0.25) is 4.79 Å². The molecular weight excluding hydrogens is 333 g/mol. The van der Waals surface area contributed by atoms with Crippen molar-refractivity contribution in [3.05, 3.63) is 102 Å². The summed E-state index contributed by atoms with van der Waals surface area (Å²) in [5.41, 5.74) is 1.82. The van der Waals surface area contributed by atoms with Crippen molar-refractivity contribution in [1.82, 2.24) is 5.32 Å². The van der Waals surface area contributed by atoms with Crippen LogP contribution in [0, 0.1) is 5.82 Å². The van der Waals surface area contributed by atoms with Gasteiger partial charge in [-0.15, -0.1) is 11.8 Å². The summed E-state index contributed by atoms with van der Waals surface area (Å²) in [5, 5.41) is 3.06. The minimum absolute atomic E-state index is 0.0629. The molecule has 1 amide bonds. The summed E-state index contributed by atoms with van der Waals surface area (Å²) < 4.78 is 13.2. The average molecular weight is 351 g/mol. The number of benzene rings is 3. The standard InChI is InChI=1S/C21H18FNOS/c22-18-13-11-17(12-14-18)21(16-7-3-1-4-8-16)23-20(24)15-25-19-9-5-2-6-10-19/h1-14,21H,15H2,(H,23,24). The molecule has 0 bridgehead atoms. The van der Waals surface area contributed by atoms with Gasteiger partial charge in [0.25, 0.3) is 0 Å². The minimum Gasteiger partial charge on any atom is -0.344 e. The lowest BCUT2D eigenvalue weighted by molar-refractivity contribution is -0.119. The van der Waals surface area contributed by atoms with Crippen molar-refractivity contribution in [3.8, 4) is 0 Å². The zero-order valence-electron chi connectivity index (χ0n) is 13.6. The van der Waals surface area contributed by atoms with Crippen molar-refractivity contribution in [2.45, 2.75) is 10.9 Å². The zero-order valence-corrected chi connectivity index (χ0v) is 14.4. The third-order valence-corrected chi connectivity index (χ3v) is 4.77. The summed E-state index contributed by atoms with van der Waals surface area (Å²) in [6, 6.07) is 25.4. The molecule has 4 heteroatoms. The molecule has 126 valence electrons. The molecule has 0 radical (unpaired) electrons. The van der Waals surface area contributed by atoms with Crippen LogP contribution in [0.15, 0.2) is 89.8 Å². The maximum atomic E-state index is 13.2. The Kier molecular flexibility index (Phi) is 5.86. The Morgan fingerprint density at radius 1 is 0.840 bits per heavy atom. The molecule has 0 heterocycles. The highest BCUT2D eigenvalue weighted by atomic mass is 32.2. The Bertz CT molecular complexity index is 806. The molecular formula is C21H18FNOS. The molecule has 0 aromatic heterocycles. The lowest BCUT2D eigenvalue weighted by Gasteiger charge is -2.20. The Morgan fingerprint density at radius 2 is 1.40 bits per heavy atom. The highest BCUT2D eigenvalue weighted by Gasteiger charge is 2.17. The van der Waals surface area contributed by atoms with Gasteiger partial charge in [0, 0.05) is 4.90 Å². The molecule has 1 atom stereocenters. The first-order valence-corrected chi connectivity index (χ1v) is 8.98. The highest BCUT2D eigenvalue weighted by molar-refractivity contribution is 8.00. The Morgan fingerprint density at radius 3 is 2.04 bits per heavy atom. The SMILES string of the molecule is O=C(CSc1ccccc1)NC(c1ccccc1)c1ccc(F)cc1. The van der Waals surface area contributed by atoms with Crippen LogP contribution in [0.25, 0.3) is 0 Å². The number of hydrogen-bond donors (Lipinski definition) is 1. The summed E-state index contributed by atoms with van der Waals surface area (Å²) in [6.45, 7) is 0. The Labute approximate surface area is 151 Å². The fourth-order valence-electron chi connectivity index (χ4n) is 2.53. The van der Waals surface area contributed by atoms with E-state index < -0.39 is 0 Å². The molecule has 1 unspecified atom stereocenters. The van der Waals surface area contributed by atoms with Gasteiger partial charge in [-0.05, 0) is 35.4 Å². The number of nitrogens with one attached hydrogen (secondary N) is 1. The van der Waals surface area contributed by atoms with E-state index in [4.69, 9.17) is 0 Å². The fourth-order valence-corrected chi connectivity index (χ4v) is 3.26. The van der Waals surface area contributed by atoms with Crippen LogP contribution < -0.4 is 5.32 Å². The van der Waals surface area contributed by atoms with E-state index in [0.717, 1.165) is 16.0 Å². The minimum atomic E-state index is -0.300. The summed E-state index contributed by atoms with van der Waals surface area (Å²) in [5.74, 6) is -0.0253. The van der Waals surface area contributed by atoms with Crippen LogP contribution in [0.4, 0.5) is 4.39 Å². The van der Waals surface area contributed by atoms with Crippen molar-refractivity contribution >= 4 is 17.7 Å². The van der Waals surface area contributed by atoms with Crippen molar-refractivity contribution in [2.24, 2.45) is 0 Å². The first kappa shape index (κ1) is 17.2. The second-order valence-electron chi connectivity index (χ2n) is 5.56. The third kappa shape index (κ3) is 4.94. The van der Waals surface area contributed by atoms with Crippen molar-refractivity contribution in [1.29, 1.82) is 0 Å². The molecule has 0 aliphatic rings. The lowest BCUT2D eigenvalue weighted by atomic mass is 9.98. The van der Waals surface area contributed by atoms with Crippen molar-refractivity contribution in [2.75, 3.05) is 5.75 Å². The monoisotopic (exact) mass is 351 g/mol. The number of rotatable bonds is 6. The molecule has 0 spiro atoms. The smallest absolute Gasteiger partial charge is 0.231 e. The molecule has 0 saturated heterocycles. The van der Waals surface area contributed by atoms with Crippen molar-refractivity contribution < 1.29 is 9.18 Å². The Balaban J connectivity index is 1.73. The van der Waals surface area contributed by atoms with Gasteiger partial charge in [0.1, 0.15) is 5.82 Å². The van der Waals surface area contributed by atoms with E-state index in [0.29, 0.717) is 5.75 Å². The largest absolute Gasteiger partial charge is 0.344 e. The molecule has 0 saturated carbocycles. The Hall–Kier alpha value is -2.59. The van der Waals surface area contributed by atoms with E-state index >= 15 is 0 Å². The van der Waals surface area contributed by atoms with Crippen LogP contribution in [0.5, 0.6) is 0 Å². The van der Waals surface area contributed by atoms with E-state index in [9.17, 15) is 9.18 Å². The number of amides is 1. The van der Waals surface area contributed by atoms with Gasteiger partial charge in [0.05, 0.1) is 11.8 Å². The van der Waals surface area contributed by atoms with Gasteiger partial charge in [-0.1, -0.05) is 60.7 Å². The van der Waals surface area contributed by atoms with E-state index in [1.54, 1.807) is 12.1 Å². The maximum Gasteiger partial charge on any atom is 0.231 e. The number of thioether (sulfide) groups is 1. The quantitative estimate of drug-likeness (QED) is 0.645. The maximum absolute atomic E-state index is 13.2. The number of carbonyl (C=O) groups is 1. The van der Waals surface area contributed by atoms with Gasteiger partial charge in [-0.2, -0.15) is 0 Å². The lowest BCUT2D eigenvalue weighted by Crippen LogP contribution is -2.30. The van der Waals surface area contributed by atoms with Gasteiger partial charge >= 0.3 is 0 Å². The van der Waals surface area contributed by atoms with Gasteiger partial charge in [-0.25, -0.2) is 4.39 Å². The molecule has 3 aromatic rings. The number of hydrogen-bond acceptors (Lipinski definition) is 2. The normalized spacial score (nSPS) is 11.7. The molecule has 0 fully saturated rings. The summed E-state index contributed by atoms with van der Waals surface area (Å²) in [7, 11) is 0. The first-order valence-electron chi connectivity index (χ1n) is 8.00. The number of carbonyl (C=O) groups excluding carboxylic acids is 1. The summed E-state index contributed by atoms with van der Waals surface area (Å²) >= 11 is 1.49. The third-order valence-electron chi connectivity index (χ3n) is 3.75. The van der Waals surface area contributed by atoms with E-state index in [-0.39, 0.29) is 17.8 Å². The van der Waals surface area contributed by atoms with Crippen LogP contribution in [-0.2, 0) is 4.79 Å². The molecule has 3 rings (SSSR count). The molecule has 3 aromatic carbocycles. The predicted molar refractivity (Wildman–Crippen MR) is 100.0 cm³/mol. The topological polar surface area (TPSA) is 29.1 Å². The average Bonchev–Trinajstić information content (AvgIpc) is 2.67. The van der Waals surface area contributed by atoms with Gasteiger partial charge in [0.2, 0.25) is 5.91 Å². The molecule has 1 N–H and O–H groups in total. The van der Waals surface area contributed by atoms with Gasteiger partial charge in [0.15, 0.2) is 0 Å².